The van der Waals surface area contributed by atoms with Crippen LogP contribution in [0.2, 0.25) is 0 Å². The summed E-state index contributed by atoms with van der Waals surface area (Å²) >= 11 is 0. The van der Waals surface area contributed by atoms with Crippen molar-refractivity contribution in [1.29, 1.82) is 0 Å². The molecule has 0 saturated carbocycles. The molecule has 1 aromatic rings. The van der Waals surface area contributed by atoms with Gasteiger partial charge in [0, 0.05) is 26.2 Å². The number of nitrogens with zero attached hydrogens (tertiary/aromatic N) is 2. The number of nitrogens with two attached hydrogens (primary N) is 1. The second-order valence-electron chi connectivity index (χ2n) is 4.82. The van der Waals surface area contributed by atoms with E-state index in [0.29, 0.717) is 6.54 Å². The molecule has 0 aliphatic carbocycles. The molecule has 2 rings (SSSR count). The highest BCUT2D eigenvalue weighted by atomic mass is 16.3. The van der Waals surface area contributed by atoms with Gasteiger partial charge in [0.15, 0.2) is 0 Å². The van der Waals surface area contributed by atoms with Gasteiger partial charge in [0.1, 0.15) is 5.76 Å². The van der Waals surface area contributed by atoms with Gasteiger partial charge >= 0.3 is 0 Å². The Kier molecular flexibility index (Phi) is 4.04. The first-order valence-electron chi connectivity index (χ1n) is 6.40. The summed E-state index contributed by atoms with van der Waals surface area (Å²) in [6.07, 6.45) is 2.51. The van der Waals surface area contributed by atoms with Crippen molar-refractivity contribution in [2.75, 3.05) is 26.7 Å². The second kappa shape index (κ2) is 5.54. The Morgan fingerprint density at radius 2 is 2.28 bits per heavy atom. The van der Waals surface area contributed by atoms with Gasteiger partial charge in [-0.25, -0.2) is 0 Å². The van der Waals surface area contributed by atoms with Gasteiger partial charge in [-0.15, -0.1) is 0 Å². The molecule has 5 heteroatoms. The fraction of sp³-hybridized carbons (Fsp3) is 0.615. The molecule has 0 aromatic carbocycles. The predicted octanol–water partition coefficient (Wildman–Crippen LogP) is 0.832. The summed E-state index contributed by atoms with van der Waals surface area (Å²) in [4.78, 5) is 15.7. The molecule has 0 radical (unpaired) electrons. The molecule has 1 fully saturated rings. The third-order valence-corrected chi connectivity index (χ3v) is 3.59. The Bertz CT molecular complexity index is 391. The third kappa shape index (κ3) is 2.57. The minimum atomic E-state index is -0.0210. The molecule has 1 aliphatic heterocycles. The molecule has 2 unspecified atom stereocenters. The number of carbonyl (C=O) groups excluding carboxylic acids is 1. The van der Waals surface area contributed by atoms with Crippen LogP contribution in [0.5, 0.6) is 0 Å². The molecule has 2 atom stereocenters. The molecular formula is C13H21N3O2. The van der Waals surface area contributed by atoms with E-state index in [1.807, 2.05) is 19.2 Å². The maximum atomic E-state index is 11.8. The summed E-state index contributed by atoms with van der Waals surface area (Å²) in [6, 6.07) is 3.76. The topological polar surface area (TPSA) is 62.7 Å². The second-order valence-corrected chi connectivity index (χ2v) is 4.82. The number of furan rings is 1. The van der Waals surface area contributed by atoms with Crippen LogP contribution < -0.4 is 5.73 Å². The van der Waals surface area contributed by atoms with E-state index in [1.54, 1.807) is 11.2 Å². The first-order valence-corrected chi connectivity index (χ1v) is 6.40. The monoisotopic (exact) mass is 251 g/mol. The van der Waals surface area contributed by atoms with Gasteiger partial charge in [0.2, 0.25) is 5.91 Å². The highest BCUT2D eigenvalue weighted by Gasteiger charge is 2.32. The van der Waals surface area contributed by atoms with Gasteiger partial charge in [-0.05, 0) is 18.6 Å². The van der Waals surface area contributed by atoms with Crippen LogP contribution in [0, 0.1) is 0 Å². The van der Waals surface area contributed by atoms with Crippen molar-refractivity contribution in [3.8, 4) is 0 Å². The molecule has 18 heavy (non-hydrogen) atoms. The highest BCUT2D eigenvalue weighted by molar-refractivity contribution is 5.78. The molecule has 5 nitrogen and oxygen atoms in total. The number of carbonyl (C=O) groups is 1. The van der Waals surface area contributed by atoms with Crippen molar-refractivity contribution in [2.45, 2.75) is 25.4 Å². The fourth-order valence-electron chi connectivity index (χ4n) is 2.36. The molecule has 0 bridgehead atoms. The van der Waals surface area contributed by atoms with Gasteiger partial charge in [-0.3, -0.25) is 9.69 Å². The summed E-state index contributed by atoms with van der Waals surface area (Å²) in [5.41, 5.74) is 6.19. The summed E-state index contributed by atoms with van der Waals surface area (Å²) in [6.45, 7) is 4.04. The van der Waals surface area contributed by atoms with Crippen LogP contribution in [0.15, 0.2) is 22.8 Å². The van der Waals surface area contributed by atoms with Crippen LogP contribution in [0.1, 0.15) is 25.1 Å². The Labute approximate surface area is 108 Å². The van der Waals surface area contributed by atoms with Crippen LogP contribution in [0.4, 0.5) is 0 Å². The van der Waals surface area contributed by atoms with E-state index in [4.69, 9.17) is 10.2 Å². The first kappa shape index (κ1) is 13.1. The molecule has 1 saturated heterocycles. The van der Waals surface area contributed by atoms with Crippen LogP contribution >= 0.6 is 0 Å². The Balaban J connectivity index is 2.17. The summed E-state index contributed by atoms with van der Waals surface area (Å²) in [5, 5.41) is 0. The summed E-state index contributed by atoms with van der Waals surface area (Å²) in [5.74, 6) is 0.989. The van der Waals surface area contributed by atoms with Crippen molar-refractivity contribution in [3.05, 3.63) is 24.2 Å². The number of amides is 1. The van der Waals surface area contributed by atoms with Crippen LogP contribution in [0.25, 0.3) is 0 Å². The molecular weight excluding hydrogens is 230 g/mol. The summed E-state index contributed by atoms with van der Waals surface area (Å²) in [7, 11) is 1.83. The van der Waals surface area contributed by atoms with E-state index in [0.717, 1.165) is 25.3 Å². The van der Waals surface area contributed by atoms with E-state index in [9.17, 15) is 4.79 Å². The molecule has 1 aliphatic rings. The number of rotatable bonds is 4. The minimum absolute atomic E-state index is 0.0114. The minimum Gasteiger partial charge on any atom is -0.468 e. The van der Waals surface area contributed by atoms with Crippen molar-refractivity contribution in [2.24, 2.45) is 5.73 Å². The molecule has 2 N–H and O–H groups in total. The lowest BCUT2D eigenvalue weighted by atomic mass is 10.0. The maximum Gasteiger partial charge on any atom is 0.236 e. The standard InChI is InChI=1S/C13H21N3O2/c1-3-10(14)13(11-5-4-8-18-11)16-7-6-15(2)12(17)9-16/h4-5,8,10,13H,3,6-7,9,14H2,1-2H3. The Morgan fingerprint density at radius 3 is 2.83 bits per heavy atom. The van der Waals surface area contributed by atoms with E-state index >= 15 is 0 Å². The van der Waals surface area contributed by atoms with Crippen molar-refractivity contribution in [1.82, 2.24) is 9.80 Å². The number of hydrogen-bond donors (Lipinski definition) is 1. The van der Waals surface area contributed by atoms with Crippen LogP contribution in [0.3, 0.4) is 0 Å². The molecule has 2 heterocycles. The van der Waals surface area contributed by atoms with Crippen molar-refractivity contribution in [3.63, 3.8) is 0 Å². The average molecular weight is 251 g/mol. The SMILES string of the molecule is CCC(N)C(c1ccco1)N1CCN(C)C(=O)C1. The zero-order valence-corrected chi connectivity index (χ0v) is 11.0. The maximum absolute atomic E-state index is 11.8. The smallest absolute Gasteiger partial charge is 0.236 e. The summed E-state index contributed by atoms with van der Waals surface area (Å²) < 4.78 is 5.49. The average Bonchev–Trinajstić information content (AvgIpc) is 2.87. The molecule has 1 aromatic heterocycles. The fourth-order valence-corrected chi connectivity index (χ4v) is 2.36. The van der Waals surface area contributed by atoms with E-state index < -0.39 is 0 Å². The first-order chi connectivity index (χ1) is 8.63. The molecule has 100 valence electrons. The number of hydrogen-bond acceptors (Lipinski definition) is 4. The largest absolute Gasteiger partial charge is 0.468 e. The van der Waals surface area contributed by atoms with Crippen LogP contribution in [-0.4, -0.2) is 48.4 Å². The quantitative estimate of drug-likeness (QED) is 0.861. The normalized spacial score (nSPS) is 21.1. The van der Waals surface area contributed by atoms with E-state index in [-0.39, 0.29) is 18.0 Å². The lowest BCUT2D eigenvalue weighted by Crippen LogP contribution is -2.52. The molecule has 1 amide bonds. The van der Waals surface area contributed by atoms with Gasteiger partial charge < -0.3 is 15.1 Å². The number of likely N-dealkylation sites (N-methyl/N-ethyl adjacent to an activating group) is 1. The number of piperazine rings is 1. The van der Waals surface area contributed by atoms with Gasteiger partial charge in [0.25, 0.3) is 0 Å². The lowest BCUT2D eigenvalue weighted by molar-refractivity contribution is -0.135. The highest BCUT2D eigenvalue weighted by Crippen LogP contribution is 2.26. The van der Waals surface area contributed by atoms with Gasteiger partial charge in [0.05, 0.1) is 18.8 Å². The predicted molar refractivity (Wildman–Crippen MR) is 68.9 cm³/mol. The third-order valence-electron chi connectivity index (χ3n) is 3.59. The molecule has 0 spiro atoms. The zero-order chi connectivity index (χ0) is 13.1. The van der Waals surface area contributed by atoms with Gasteiger partial charge in [-0.1, -0.05) is 6.92 Å². The van der Waals surface area contributed by atoms with Crippen molar-refractivity contribution >= 4 is 5.91 Å². The van der Waals surface area contributed by atoms with Gasteiger partial charge in [-0.2, -0.15) is 0 Å². The van der Waals surface area contributed by atoms with Crippen LogP contribution in [-0.2, 0) is 4.79 Å². The Hall–Kier alpha value is -1.33. The van der Waals surface area contributed by atoms with E-state index in [2.05, 4.69) is 11.8 Å². The van der Waals surface area contributed by atoms with E-state index in [1.165, 1.54) is 0 Å². The Morgan fingerprint density at radius 1 is 1.50 bits per heavy atom. The van der Waals surface area contributed by atoms with Crippen molar-refractivity contribution < 1.29 is 9.21 Å². The zero-order valence-electron chi connectivity index (χ0n) is 11.0. The lowest BCUT2D eigenvalue weighted by Gasteiger charge is -2.38.